The fourth-order valence-corrected chi connectivity index (χ4v) is 1.56. The maximum atomic E-state index is 11.9. The van der Waals surface area contributed by atoms with Gasteiger partial charge in [-0.2, -0.15) is 5.10 Å². The molecule has 1 aromatic carbocycles. The van der Waals surface area contributed by atoms with E-state index < -0.39 is 0 Å². The van der Waals surface area contributed by atoms with Crippen LogP contribution in [0.2, 0.25) is 0 Å². The lowest BCUT2D eigenvalue weighted by Crippen LogP contribution is -2.02. The number of hydrogen-bond donors (Lipinski definition) is 0. The van der Waals surface area contributed by atoms with Crippen molar-refractivity contribution in [3.05, 3.63) is 53.9 Å². The smallest absolute Gasteiger partial charge is 0.170 e. The molecule has 0 saturated carbocycles. The van der Waals surface area contributed by atoms with Gasteiger partial charge in [0.15, 0.2) is 5.78 Å². The summed E-state index contributed by atoms with van der Waals surface area (Å²) in [4.78, 5) is 11.9. The van der Waals surface area contributed by atoms with Gasteiger partial charge in [0.05, 0.1) is 11.8 Å². The normalized spacial score (nSPS) is 10.3. The van der Waals surface area contributed by atoms with E-state index in [9.17, 15) is 4.79 Å². The molecule has 0 aliphatic heterocycles. The quantitative estimate of drug-likeness (QED) is 0.732. The van der Waals surface area contributed by atoms with Gasteiger partial charge < -0.3 is 0 Å². The van der Waals surface area contributed by atoms with E-state index in [2.05, 4.69) is 5.10 Å². The Morgan fingerprint density at radius 1 is 1.31 bits per heavy atom. The number of rotatable bonds is 4. The Morgan fingerprint density at radius 2 is 2.06 bits per heavy atom. The van der Waals surface area contributed by atoms with E-state index in [-0.39, 0.29) is 5.78 Å². The van der Waals surface area contributed by atoms with Gasteiger partial charge in [-0.05, 0) is 12.5 Å². The van der Waals surface area contributed by atoms with Crippen LogP contribution in [0.3, 0.4) is 0 Å². The Kier molecular flexibility index (Phi) is 3.15. The number of carbonyl (C=O) groups excluding carboxylic acids is 1. The largest absolute Gasteiger partial charge is 0.294 e. The second-order valence-electron chi connectivity index (χ2n) is 3.67. The Hall–Kier alpha value is -1.90. The standard InChI is InChI=1S/C13H14N2O/c1-2-15-10-12(9-14-15)13(16)8-11-6-4-3-5-7-11/h3-7,9-10H,2,8H2,1H3. The molecule has 3 heteroatoms. The molecule has 3 nitrogen and oxygen atoms in total. The van der Waals surface area contributed by atoms with Crippen LogP contribution in [0, 0.1) is 0 Å². The molecule has 0 aliphatic carbocycles. The first-order valence-corrected chi connectivity index (χ1v) is 5.39. The molecule has 0 radical (unpaired) electrons. The summed E-state index contributed by atoms with van der Waals surface area (Å²) >= 11 is 0. The van der Waals surface area contributed by atoms with Gasteiger partial charge in [-0.3, -0.25) is 9.48 Å². The molecule has 0 N–H and O–H groups in total. The van der Waals surface area contributed by atoms with E-state index in [1.54, 1.807) is 17.1 Å². The molecule has 2 aromatic rings. The highest BCUT2D eigenvalue weighted by Gasteiger charge is 2.08. The molecule has 1 aromatic heterocycles. The average molecular weight is 214 g/mol. The number of benzene rings is 1. The fraction of sp³-hybridized carbons (Fsp3) is 0.231. The monoisotopic (exact) mass is 214 g/mol. The molecule has 16 heavy (non-hydrogen) atoms. The zero-order chi connectivity index (χ0) is 11.4. The lowest BCUT2D eigenvalue weighted by atomic mass is 10.1. The fourth-order valence-electron chi connectivity index (χ4n) is 1.56. The van der Waals surface area contributed by atoms with Gasteiger partial charge in [0.2, 0.25) is 0 Å². The summed E-state index contributed by atoms with van der Waals surface area (Å²) in [6.45, 7) is 2.79. The number of hydrogen-bond acceptors (Lipinski definition) is 2. The first-order valence-electron chi connectivity index (χ1n) is 5.39. The minimum Gasteiger partial charge on any atom is -0.294 e. The number of carbonyl (C=O) groups is 1. The number of ketones is 1. The molecule has 0 amide bonds. The first-order chi connectivity index (χ1) is 7.79. The molecular formula is C13H14N2O. The highest BCUT2D eigenvalue weighted by molar-refractivity contribution is 5.97. The molecular weight excluding hydrogens is 200 g/mol. The summed E-state index contributed by atoms with van der Waals surface area (Å²) in [7, 11) is 0. The zero-order valence-corrected chi connectivity index (χ0v) is 9.26. The Morgan fingerprint density at radius 3 is 2.69 bits per heavy atom. The van der Waals surface area contributed by atoms with E-state index in [0.717, 1.165) is 12.1 Å². The van der Waals surface area contributed by atoms with Crippen LogP contribution in [-0.2, 0) is 13.0 Å². The molecule has 0 bridgehead atoms. The van der Waals surface area contributed by atoms with E-state index in [4.69, 9.17) is 0 Å². The second kappa shape index (κ2) is 4.75. The van der Waals surface area contributed by atoms with Gasteiger partial charge in [0.25, 0.3) is 0 Å². The van der Waals surface area contributed by atoms with Crippen LogP contribution in [0.5, 0.6) is 0 Å². The zero-order valence-electron chi connectivity index (χ0n) is 9.26. The van der Waals surface area contributed by atoms with Gasteiger partial charge in [-0.25, -0.2) is 0 Å². The van der Waals surface area contributed by atoms with Crippen LogP contribution >= 0.6 is 0 Å². The van der Waals surface area contributed by atoms with E-state index in [1.165, 1.54) is 0 Å². The molecule has 0 spiro atoms. The number of Topliss-reactive ketones (excluding diaryl/α,β-unsaturated/α-hetero) is 1. The van der Waals surface area contributed by atoms with E-state index in [1.807, 2.05) is 37.3 Å². The minimum atomic E-state index is 0.117. The summed E-state index contributed by atoms with van der Waals surface area (Å²) in [6, 6.07) is 9.75. The van der Waals surface area contributed by atoms with Crippen molar-refractivity contribution in [3.8, 4) is 0 Å². The van der Waals surface area contributed by atoms with Crippen molar-refractivity contribution in [1.82, 2.24) is 9.78 Å². The van der Waals surface area contributed by atoms with Crippen LogP contribution in [0.15, 0.2) is 42.7 Å². The molecule has 0 atom stereocenters. The van der Waals surface area contributed by atoms with Crippen molar-refractivity contribution < 1.29 is 4.79 Å². The van der Waals surface area contributed by atoms with Gasteiger partial charge in [-0.1, -0.05) is 30.3 Å². The topological polar surface area (TPSA) is 34.9 Å². The second-order valence-corrected chi connectivity index (χ2v) is 3.67. The highest BCUT2D eigenvalue weighted by Crippen LogP contribution is 2.06. The molecule has 0 unspecified atom stereocenters. The molecule has 0 saturated heterocycles. The van der Waals surface area contributed by atoms with Crippen LogP contribution in [0.4, 0.5) is 0 Å². The van der Waals surface area contributed by atoms with Gasteiger partial charge >= 0.3 is 0 Å². The highest BCUT2D eigenvalue weighted by atomic mass is 16.1. The third-order valence-corrected chi connectivity index (χ3v) is 2.49. The van der Waals surface area contributed by atoms with Gasteiger partial charge in [0.1, 0.15) is 0 Å². The molecule has 0 fully saturated rings. The van der Waals surface area contributed by atoms with Crippen LogP contribution in [0.1, 0.15) is 22.8 Å². The molecule has 82 valence electrons. The van der Waals surface area contributed by atoms with Gasteiger partial charge in [-0.15, -0.1) is 0 Å². The molecule has 1 heterocycles. The van der Waals surface area contributed by atoms with E-state index >= 15 is 0 Å². The number of aryl methyl sites for hydroxylation is 1. The maximum Gasteiger partial charge on any atom is 0.170 e. The first kappa shape index (κ1) is 10.6. The Balaban J connectivity index is 2.09. The van der Waals surface area contributed by atoms with Crippen LogP contribution in [0.25, 0.3) is 0 Å². The summed E-state index contributed by atoms with van der Waals surface area (Å²) in [5.41, 5.74) is 1.72. The van der Waals surface area contributed by atoms with Crippen molar-refractivity contribution in [1.29, 1.82) is 0 Å². The lowest BCUT2D eigenvalue weighted by Gasteiger charge is -1.98. The van der Waals surface area contributed by atoms with Crippen LogP contribution in [-0.4, -0.2) is 15.6 Å². The summed E-state index contributed by atoms with van der Waals surface area (Å²) < 4.78 is 1.76. The lowest BCUT2D eigenvalue weighted by molar-refractivity contribution is 0.0993. The third kappa shape index (κ3) is 2.37. The van der Waals surface area contributed by atoms with Crippen molar-refractivity contribution in [2.24, 2.45) is 0 Å². The minimum absolute atomic E-state index is 0.117. The third-order valence-electron chi connectivity index (χ3n) is 2.49. The summed E-state index contributed by atoms with van der Waals surface area (Å²) in [5.74, 6) is 0.117. The maximum absolute atomic E-state index is 11.9. The van der Waals surface area contributed by atoms with Crippen molar-refractivity contribution in [2.45, 2.75) is 19.9 Å². The van der Waals surface area contributed by atoms with E-state index in [0.29, 0.717) is 12.0 Å². The predicted molar refractivity (Wildman–Crippen MR) is 62.4 cm³/mol. The summed E-state index contributed by atoms with van der Waals surface area (Å²) in [6.07, 6.45) is 3.87. The van der Waals surface area contributed by atoms with Crippen molar-refractivity contribution in [2.75, 3.05) is 0 Å². The predicted octanol–water partition coefficient (Wildman–Crippen LogP) is 2.33. The van der Waals surface area contributed by atoms with Crippen molar-refractivity contribution >= 4 is 5.78 Å². The molecule has 0 aliphatic rings. The SMILES string of the molecule is CCn1cc(C(=O)Cc2ccccc2)cn1. The van der Waals surface area contributed by atoms with Crippen molar-refractivity contribution in [3.63, 3.8) is 0 Å². The number of nitrogens with zero attached hydrogens (tertiary/aromatic N) is 2. The Bertz CT molecular complexity index is 474. The number of aromatic nitrogens is 2. The molecule has 2 rings (SSSR count). The Labute approximate surface area is 94.7 Å². The van der Waals surface area contributed by atoms with Gasteiger partial charge in [0, 0.05) is 19.2 Å². The summed E-state index contributed by atoms with van der Waals surface area (Å²) in [5, 5.41) is 4.09. The van der Waals surface area contributed by atoms with Crippen LogP contribution < -0.4 is 0 Å². The average Bonchev–Trinajstić information content (AvgIpc) is 2.79.